The number of amides is 1. The van der Waals surface area contributed by atoms with Gasteiger partial charge in [0.05, 0.1) is 18.9 Å². The molecular formula is C21H25N5O2. The summed E-state index contributed by atoms with van der Waals surface area (Å²) in [4.78, 5) is 19.2. The number of carbonyl (C=O) groups is 1. The van der Waals surface area contributed by atoms with Crippen molar-refractivity contribution in [3.8, 4) is 11.1 Å². The van der Waals surface area contributed by atoms with Crippen molar-refractivity contribution in [3.63, 3.8) is 0 Å². The quantitative estimate of drug-likeness (QED) is 0.708. The largest absolute Gasteiger partial charge is 0.379 e. The van der Waals surface area contributed by atoms with Crippen molar-refractivity contribution in [2.45, 2.75) is 13.5 Å². The molecule has 1 aliphatic heterocycles. The van der Waals surface area contributed by atoms with Crippen LogP contribution in [0.3, 0.4) is 0 Å². The number of rotatable bonds is 6. The third kappa shape index (κ3) is 4.05. The second-order valence-corrected chi connectivity index (χ2v) is 6.97. The van der Waals surface area contributed by atoms with Crippen molar-refractivity contribution in [2.75, 3.05) is 39.4 Å². The highest BCUT2D eigenvalue weighted by molar-refractivity contribution is 5.95. The molecule has 7 nitrogen and oxygen atoms in total. The van der Waals surface area contributed by atoms with E-state index in [0.29, 0.717) is 6.54 Å². The van der Waals surface area contributed by atoms with Crippen LogP contribution in [-0.4, -0.2) is 65.0 Å². The number of nitrogens with one attached hydrogen (secondary N) is 1. The summed E-state index contributed by atoms with van der Waals surface area (Å²) in [5, 5.41) is 8.56. The maximum atomic E-state index is 12.4. The summed E-state index contributed by atoms with van der Waals surface area (Å²) in [5.74, 6) is -0.0513. The van der Waals surface area contributed by atoms with Gasteiger partial charge in [0.25, 0.3) is 0 Å². The Bertz CT molecular complexity index is 948. The molecule has 3 heterocycles. The monoisotopic (exact) mass is 379 g/mol. The summed E-state index contributed by atoms with van der Waals surface area (Å²) in [6, 6.07) is 12.2. The van der Waals surface area contributed by atoms with Crippen molar-refractivity contribution in [3.05, 3.63) is 48.3 Å². The number of aryl methyl sites for hydroxylation is 1. The SMILES string of the molecule is Cc1nn(CC(=O)NCCN2CCOCC2)c2nccc(-c3ccccc3)c12. The molecule has 1 saturated heterocycles. The molecule has 0 unspecified atom stereocenters. The molecule has 3 aromatic rings. The van der Waals surface area contributed by atoms with Crippen LogP contribution < -0.4 is 5.32 Å². The van der Waals surface area contributed by atoms with Crippen LogP contribution >= 0.6 is 0 Å². The average molecular weight is 379 g/mol. The summed E-state index contributed by atoms with van der Waals surface area (Å²) in [7, 11) is 0. The van der Waals surface area contributed by atoms with E-state index in [-0.39, 0.29) is 12.5 Å². The van der Waals surface area contributed by atoms with Crippen LogP contribution in [0.1, 0.15) is 5.69 Å². The van der Waals surface area contributed by atoms with Gasteiger partial charge in [-0.05, 0) is 24.1 Å². The van der Waals surface area contributed by atoms with Crippen LogP contribution in [0.15, 0.2) is 42.6 Å². The average Bonchev–Trinajstić information content (AvgIpc) is 3.05. The van der Waals surface area contributed by atoms with E-state index in [9.17, 15) is 4.79 Å². The first-order valence-corrected chi connectivity index (χ1v) is 9.67. The minimum Gasteiger partial charge on any atom is -0.379 e. The molecule has 0 aliphatic carbocycles. The summed E-state index contributed by atoms with van der Waals surface area (Å²) in [6.45, 7) is 6.96. The summed E-state index contributed by atoms with van der Waals surface area (Å²) >= 11 is 0. The smallest absolute Gasteiger partial charge is 0.241 e. The van der Waals surface area contributed by atoms with Gasteiger partial charge >= 0.3 is 0 Å². The van der Waals surface area contributed by atoms with Crippen molar-refractivity contribution in [2.24, 2.45) is 0 Å². The molecule has 146 valence electrons. The predicted molar refractivity (Wildman–Crippen MR) is 108 cm³/mol. The molecule has 1 amide bonds. The number of pyridine rings is 1. The Balaban J connectivity index is 1.46. The molecule has 1 aromatic carbocycles. The highest BCUT2D eigenvalue weighted by Crippen LogP contribution is 2.29. The molecular weight excluding hydrogens is 354 g/mol. The van der Waals surface area contributed by atoms with Gasteiger partial charge in [0.15, 0.2) is 5.65 Å². The number of hydrogen-bond donors (Lipinski definition) is 1. The first-order chi connectivity index (χ1) is 13.7. The number of ether oxygens (including phenoxy) is 1. The first-order valence-electron chi connectivity index (χ1n) is 9.67. The minimum atomic E-state index is -0.0513. The number of carbonyl (C=O) groups excluding carboxylic acids is 1. The summed E-state index contributed by atoms with van der Waals surface area (Å²) in [6.07, 6.45) is 1.78. The molecule has 0 spiro atoms. The van der Waals surface area contributed by atoms with E-state index in [4.69, 9.17) is 4.74 Å². The zero-order valence-corrected chi connectivity index (χ0v) is 16.1. The lowest BCUT2D eigenvalue weighted by Gasteiger charge is -2.26. The van der Waals surface area contributed by atoms with Gasteiger partial charge in [-0.25, -0.2) is 9.67 Å². The molecule has 2 aromatic heterocycles. The molecule has 0 radical (unpaired) electrons. The van der Waals surface area contributed by atoms with Crippen molar-refractivity contribution >= 4 is 16.9 Å². The minimum absolute atomic E-state index is 0.0513. The molecule has 4 rings (SSSR count). The zero-order valence-electron chi connectivity index (χ0n) is 16.1. The van der Waals surface area contributed by atoms with Crippen molar-refractivity contribution in [1.82, 2.24) is 25.0 Å². The maximum Gasteiger partial charge on any atom is 0.241 e. The molecule has 0 saturated carbocycles. The number of aromatic nitrogens is 3. The van der Waals surface area contributed by atoms with Crippen LogP contribution in [0.2, 0.25) is 0 Å². The number of morpholine rings is 1. The van der Waals surface area contributed by atoms with E-state index in [1.165, 1.54) is 0 Å². The number of fused-ring (bicyclic) bond motifs is 1. The second-order valence-electron chi connectivity index (χ2n) is 6.97. The molecule has 7 heteroatoms. The Kier molecular flexibility index (Phi) is 5.64. The van der Waals surface area contributed by atoms with Gasteiger partial charge in [-0.1, -0.05) is 30.3 Å². The molecule has 1 fully saturated rings. The molecule has 1 aliphatic rings. The second kappa shape index (κ2) is 8.50. The molecule has 0 atom stereocenters. The molecule has 1 N–H and O–H groups in total. The Morgan fingerprint density at radius 1 is 1.18 bits per heavy atom. The van der Waals surface area contributed by atoms with E-state index in [2.05, 4.69) is 32.4 Å². The van der Waals surface area contributed by atoms with E-state index in [1.54, 1.807) is 10.9 Å². The van der Waals surface area contributed by atoms with Crippen LogP contribution in [0.25, 0.3) is 22.2 Å². The third-order valence-electron chi connectivity index (χ3n) is 5.04. The van der Waals surface area contributed by atoms with Crippen molar-refractivity contribution in [1.29, 1.82) is 0 Å². The van der Waals surface area contributed by atoms with Crippen LogP contribution in [0.4, 0.5) is 0 Å². The van der Waals surface area contributed by atoms with E-state index < -0.39 is 0 Å². The van der Waals surface area contributed by atoms with Crippen LogP contribution in [0.5, 0.6) is 0 Å². The molecule has 0 bridgehead atoms. The van der Waals surface area contributed by atoms with Gasteiger partial charge in [-0.3, -0.25) is 9.69 Å². The Hall–Kier alpha value is -2.77. The zero-order chi connectivity index (χ0) is 19.3. The fourth-order valence-corrected chi connectivity index (χ4v) is 3.62. The Morgan fingerprint density at radius 2 is 1.96 bits per heavy atom. The summed E-state index contributed by atoms with van der Waals surface area (Å²) in [5.41, 5.74) is 3.82. The van der Waals surface area contributed by atoms with Gasteiger partial charge in [-0.2, -0.15) is 5.10 Å². The van der Waals surface area contributed by atoms with Gasteiger partial charge in [-0.15, -0.1) is 0 Å². The van der Waals surface area contributed by atoms with E-state index in [1.807, 2.05) is 31.2 Å². The van der Waals surface area contributed by atoms with E-state index >= 15 is 0 Å². The maximum absolute atomic E-state index is 12.4. The number of benzene rings is 1. The van der Waals surface area contributed by atoms with Crippen molar-refractivity contribution < 1.29 is 9.53 Å². The summed E-state index contributed by atoms with van der Waals surface area (Å²) < 4.78 is 7.04. The lowest BCUT2D eigenvalue weighted by atomic mass is 10.0. The van der Waals surface area contributed by atoms with Gasteiger partial charge in [0.2, 0.25) is 5.91 Å². The predicted octanol–water partition coefficient (Wildman–Crippen LogP) is 1.86. The standard InChI is InChI=1S/C21H25N5O2/c1-16-20-18(17-5-3-2-4-6-17)7-8-23-21(20)26(24-16)15-19(27)22-9-10-25-11-13-28-14-12-25/h2-8H,9-15H2,1H3,(H,22,27). The van der Waals surface area contributed by atoms with Gasteiger partial charge in [0.1, 0.15) is 6.54 Å². The number of hydrogen-bond acceptors (Lipinski definition) is 5. The lowest BCUT2D eigenvalue weighted by Crippen LogP contribution is -2.41. The van der Waals surface area contributed by atoms with Gasteiger partial charge in [0, 0.05) is 37.8 Å². The van der Waals surface area contributed by atoms with Crippen LogP contribution in [-0.2, 0) is 16.1 Å². The fourth-order valence-electron chi connectivity index (χ4n) is 3.62. The van der Waals surface area contributed by atoms with E-state index in [0.717, 1.165) is 60.7 Å². The fraction of sp³-hybridized carbons (Fsp3) is 0.381. The van der Waals surface area contributed by atoms with Crippen LogP contribution in [0, 0.1) is 6.92 Å². The Labute approximate surface area is 164 Å². The normalized spacial score (nSPS) is 15.0. The first kappa shape index (κ1) is 18.6. The number of nitrogens with zero attached hydrogens (tertiary/aromatic N) is 4. The van der Waals surface area contributed by atoms with Gasteiger partial charge < -0.3 is 10.1 Å². The Morgan fingerprint density at radius 3 is 2.75 bits per heavy atom. The third-order valence-corrected chi connectivity index (χ3v) is 5.04. The highest BCUT2D eigenvalue weighted by Gasteiger charge is 2.16. The highest BCUT2D eigenvalue weighted by atomic mass is 16.5. The molecule has 28 heavy (non-hydrogen) atoms. The topological polar surface area (TPSA) is 72.3 Å². The lowest BCUT2D eigenvalue weighted by molar-refractivity contribution is -0.121.